The fourth-order valence-electron chi connectivity index (χ4n) is 1.13. The topological polar surface area (TPSA) is 46.2 Å². The number of phenols is 1. The Hall–Kier alpha value is -0.320. The number of halogens is 3. The second-order valence-electron chi connectivity index (χ2n) is 2.87. The molecule has 1 atom stereocenters. The van der Waals surface area contributed by atoms with Gasteiger partial charge in [-0.05, 0) is 41.0 Å². The SMILES string of the molecule is NCCC(F)c1cc(Cl)cc(Br)c1O. The molecular weight excluding hydrogens is 272 g/mol. The van der Waals surface area contributed by atoms with Gasteiger partial charge in [-0.1, -0.05) is 11.6 Å². The second-order valence-corrected chi connectivity index (χ2v) is 4.16. The van der Waals surface area contributed by atoms with Gasteiger partial charge in [-0.15, -0.1) is 0 Å². The molecule has 1 rings (SSSR count). The van der Waals surface area contributed by atoms with Gasteiger partial charge in [-0.3, -0.25) is 0 Å². The highest BCUT2D eigenvalue weighted by molar-refractivity contribution is 9.10. The maximum Gasteiger partial charge on any atom is 0.135 e. The first-order chi connectivity index (χ1) is 6.56. The third-order valence-electron chi connectivity index (χ3n) is 1.82. The Balaban J connectivity index is 3.07. The monoisotopic (exact) mass is 281 g/mol. The van der Waals surface area contributed by atoms with Crippen LogP contribution in [0.1, 0.15) is 18.2 Å². The summed E-state index contributed by atoms with van der Waals surface area (Å²) >= 11 is 8.81. The number of hydrogen-bond donors (Lipinski definition) is 2. The van der Waals surface area contributed by atoms with E-state index in [-0.39, 0.29) is 24.3 Å². The molecule has 2 nitrogen and oxygen atoms in total. The lowest BCUT2D eigenvalue weighted by molar-refractivity contribution is 0.315. The molecule has 0 heterocycles. The van der Waals surface area contributed by atoms with E-state index in [0.29, 0.717) is 9.50 Å². The summed E-state index contributed by atoms with van der Waals surface area (Å²) in [6, 6.07) is 2.91. The van der Waals surface area contributed by atoms with Crippen LogP contribution in [0.25, 0.3) is 0 Å². The van der Waals surface area contributed by atoms with Crippen molar-refractivity contribution in [1.29, 1.82) is 0 Å². The van der Waals surface area contributed by atoms with E-state index in [1.807, 2.05) is 0 Å². The van der Waals surface area contributed by atoms with Crippen LogP contribution >= 0.6 is 27.5 Å². The summed E-state index contributed by atoms with van der Waals surface area (Å²) in [6.07, 6.45) is -1.12. The Morgan fingerprint density at radius 3 is 2.79 bits per heavy atom. The predicted molar refractivity (Wildman–Crippen MR) is 58.3 cm³/mol. The largest absolute Gasteiger partial charge is 0.506 e. The molecule has 5 heteroatoms. The summed E-state index contributed by atoms with van der Waals surface area (Å²) in [5.41, 5.74) is 5.40. The Labute approximate surface area is 95.0 Å². The Morgan fingerprint density at radius 2 is 2.21 bits per heavy atom. The number of hydrogen-bond acceptors (Lipinski definition) is 2. The van der Waals surface area contributed by atoms with Crippen LogP contribution in [-0.2, 0) is 0 Å². The summed E-state index contributed by atoms with van der Waals surface area (Å²) < 4.78 is 13.8. The molecule has 1 aromatic rings. The van der Waals surface area contributed by atoms with Gasteiger partial charge < -0.3 is 10.8 Å². The van der Waals surface area contributed by atoms with Gasteiger partial charge in [0.2, 0.25) is 0 Å². The highest BCUT2D eigenvalue weighted by Crippen LogP contribution is 2.37. The van der Waals surface area contributed by atoms with E-state index in [1.165, 1.54) is 12.1 Å². The molecule has 14 heavy (non-hydrogen) atoms. The second kappa shape index (κ2) is 4.96. The molecule has 0 radical (unpaired) electrons. The molecule has 0 saturated carbocycles. The van der Waals surface area contributed by atoms with Gasteiger partial charge in [0, 0.05) is 10.6 Å². The number of alkyl halides is 1. The van der Waals surface area contributed by atoms with Crippen LogP contribution in [0.3, 0.4) is 0 Å². The lowest BCUT2D eigenvalue weighted by Gasteiger charge is -2.11. The molecule has 0 amide bonds. The van der Waals surface area contributed by atoms with E-state index in [0.717, 1.165) is 0 Å². The zero-order chi connectivity index (χ0) is 10.7. The maximum atomic E-state index is 13.4. The van der Waals surface area contributed by atoms with Gasteiger partial charge in [0.25, 0.3) is 0 Å². The molecule has 0 saturated heterocycles. The van der Waals surface area contributed by atoms with Gasteiger partial charge in [-0.25, -0.2) is 4.39 Å². The van der Waals surface area contributed by atoms with Crippen molar-refractivity contribution < 1.29 is 9.50 Å². The Morgan fingerprint density at radius 1 is 1.57 bits per heavy atom. The van der Waals surface area contributed by atoms with Crippen LogP contribution in [0.15, 0.2) is 16.6 Å². The number of nitrogens with two attached hydrogens (primary N) is 1. The fourth-order valence-corrected chi connectivity index (χ4v) is 1.96. The predicted octanol–water partition coefficient (Wildman–Crippen LogP) is 3.17. The molecule has 78 valence electrons. The van der Waals surface area contributed by atoms with Crippen LogP contribution < -0.4 is 5.73 Å². The summed E-state index contributed by atoms with van der Waals surface area (Å²) in [6.45, 7) is 0.227. The van der Waals surface area contributed by atoms with Crippen LogP contribution in [0.4, 0.5) is 4.39 Å². The summed E-state index contributed by atoms with van der Waals surface area (Å²) in [5, 5.41) is 9.91. The van der Waals surface area contributed by atoms with E-state index < -0.39 is 6.17 Å². The van der Waals surface area contributed by atoms with Gasteiger partial charge >= 0.3 is 0 Å². The number of phenolic OH excluding ortho intramolecular Hbond substituents is 1. The number of rotatable bonds is 3. The van der Waals surface area contributed by atoms with E-state index in [9.17, 15) is 9.50 Å². The van der Waals surface area contributed by atoms with Crippen LogP contribution in [-0.4, -0.2) is 11.7 Å². The van der Waals surface area contributed by atoms with E-state index in [1.54, 1.807) is 0 Å². The van der Waals surface area contributed by atoms with Gasteiger partial charge in [0.05, 0.1) is 4.47 Å². The minimum atomic E-state index is -1.28. The van der Waals surface area contributed by atoms with Crippen molar-refractivity contribution in [2.45, 2.75) is 12.6 Å². The van der Waals surface area contributed by atoms with Gasteiger partial charge in [0.15, 0.2) is 0 Å². The van der Waals surface area contributed by atoms with E-state index in [2.05, 4.69) is 15.9 Å². The first-order valence-electron chi connectivity index (χ1n) is 4.08. The highest BCUT2D eigenvalue weighted by atomic mass is 79.9. The normalized spacial score (nSPS) is 12.9. The summed E-state index contributed by atoms with van der Waals surface area (Å²) in [5.74, 6) is -0.115. The highest BCUT2D eigenvalue weighted by Gasteiger charge is 2.16. The van der Waals surface area contributed by atoms with E-state index >= 15 is 0 Å². The smallest absolute Gasteiger partial charge is 0.135 e. The van der Waals surface area contributed by atoms with Crippen LogP contribution in [0, 0.1) is 0 Å². The fraction of sp³-hybridized carbons (Fsp3) is 0.333. The number of benzene rings is 1. The maximum absolute atomic E-state index is 13.4. The first-order valence-corrected chi connectivity index (χ1v) is 5.25. The third kappa shape index (κ3) is 2.59. The van der Waals surface area contributed by atoms with Crippen molar-refractivity contribution in [3.63, 3.8) is 0 Å². The van der Waals surface area contributed by atoms with Crippen molar-refractivity contribution in [3.8, 4) is 5.75 Å². The lowest BCUT2D eigenvalue weighted by atomic mass is 10.1. The van der Waals surface area contributed by atoms with Crippen LogP contribution in [0.2, 0.25) is 5.02 Å². The quantitative estimate of drug-likeness (QED) is 0.894. The van der Waals surface area contributed by atoms with Gasteiger partial charge in [0.1, 0.15) is 11.9 Å². The molecule has 0 spiro atoms. The van der Waals surface area contributed by atoms with Crippen molar-refractivity contribution in [3.05, 3.63) is 27.2 Å². The Bertz CT molecular complexity index is 335. The van der Waals surface area contributed by atoms with Gasteiger partial charge in [-0.2, -0.15) is 0 Å². The minimum absolute atomic E-state index is 0.115. The van der Waals surface area contributed by atoms with Crippen molar-refractivity contribution >= 4 is 27.5 Å². The average Bonchev–Trinajstić information content (AvgIpc) is 2.11. The zero-order valence-electron chi connectivity index (χ0n) is 7.30. The molecule has 0 aliphatic rings. The summed E-state index contributed by atoms with van der Waals surface area (Å²) in [7, 11) is 0. The molecule has 0 aromatic heterocycles. The molecule has 3 N–H and O–H groups in total. The molecule has 0 aliphatic heterocycles. The van der Waals surface area contributed by atoms with Crippen molar-refractivity contribution in [2.24, 2.45) is 5.73 Å². The zero-order valence-corrected chi connectivity index (χ0v) is 9.65. The summed E-state index contributed by atoms with van der Waals surface area (Å²) in [4.78, 5) is 0. The molecule has 0 fully saturated rings. The standard InChI is InChI=1S/C9H10BrClFNO/c10-7-4-5(11)3-6(9(7)14)8(12)1-2-13/h3-4,8,14H,1-2,13H2. The van der Waals surface area contributed by atoms with E-state index in [4.69, 9.17) is 17.3 Å². The number of aromatic hydroxyl groups is 1. The minimum Gasteiger partial charge on any atom is -0.506 e. The van der Waals surface area contributed by atoms with Crippen LogP contribution in [0.5, 0.6) is 5.75 Å². The first kappa shape index (κ1) is 11.8. The lowest BCUT2D eigenvalue weighted by Crippen LogP contribution is -2.04. The molecular formula is C9H10BrClFNO. The van der Waals surface area contributed by atoms with Crippen molar-refractivity contribution in [1.82, 2.24) is 0 Å². The molecule has 1 unspecified atom stereocenters. The third-order valence-corrected chi connectivity index (χ3v) is 2.64. The molecule has 0 aliphatic carbocycles. The van der Waals surface area contributed by atoms with Crippen molar-refractivity contribution in [2.75, 3.05) is 6.54 Å². The molecule has 1 aromatic carbocycles. The Kier molecular flexibility index (Phi) is 4.16. The average molecular weight is 283 g/mol. The molecule has 0 bridgehead atoms.